The normalized spacial score (nSPS) is 10.4. The average Bonchev–Trinajstić information content (AvgIpc) is 2.26. The van der Waals surface area contributed by atoms with Crippen molar-refractivity contribution in [3.8, 4) is 11.5 Å². The van der Waals surface area contributed by atoms with E-state index in [1.807, 2.05) is 26.0 Å². The van der Waals surface area contributed by atoms with Crippen LogP contribution in [0.2, 0.25) is 0 Å². The largest absolute Gasteiger partial charge is 0.341 e. The third kappa shape index (κ3) is 2.05. The summed E-state index contributed by atoms with van der Waals surface area (Å²) in [4.78, 5) is 11.8. The van der Waals surface area contributed by atoms with Crippen LogP contribution in [0, 0.1) is 18.5 Å². The fourth-order valence-electron chi connectivity index (χ4n) is 1.42. The second-order valence-electron chi connectivity index (χ2n) is 3.50. The smallest absolute Gasteiger partial charge is 0.158 e. The van der Waals surface area contributed by atoms with E-state index in [0.29, 0.717) is 10.5 Å². The maximum atomic E-state index is 5.17. The van der Waals surface area contributed by atoms with E-state index in [9.17, 15) is 0 Å². The highest BCUT2D eigenvalue weighted by Crippen LogP contribution is 2.21. The lowest BCUT2D eigenvalue weighted by molar-refractivity contribution is 1.05. The molecule has 0 amide bonds. The van der Waals surface area contributed by atoms with E-state index in [-0.39, 0.29) is 0 Å². The Bertz CT molecular complexity index is 592. The van der Waals surface area contributed by atoms with Gasteiger partial charge < -0.3 is 4.98 Å². The van der Waals surface area contributed by atoms with Gasteiger partial charge in [-0.1, -0.05) is 18.3 Å². The lowest BCUT2D eigenvalue weighted by Gasteiger charge is -2.06. The summed E-state index contributed by atoms with van der Waals surface area (Å²) in [6.45, 7) is 3.95. The first-order valence-corrected chi connectivity index (χ1v) is 5.98. The van der Waals surface area contributed by atoms with Gasteiger partial charge in [0.2, 0.25) is 0 Å². The van der Waals surface area contributed by atoms with Gasteiger partial charge in [0.15, 0.2) is 5.82 Å². The lowest BCUT2D eigenvalue weighted by atomic mass is 10.2. The molecule has 2 heterocycles. The SMILES string of the molecule is Cc1cccnc1-c1nc(=S)c(Br)c(C)[nH]1. The minimum absolute atomic E-state index is 0.552. The van der Waals surface area contributed by atoms with Gasteiger partial charge in [0.05, 0.1) is 4.47 Å². The van der Waals surface area contributed by atoms with Gasteiger partial charge in [-0.15, -0.1) is 0 Å². The summed E-state index contributed by atoms with van der Waals surface area (Å²) >= 11 is 8.55. The molecule has 82 valence electrons. The van der Waals surface area contributed by atoms with E-state index in [0.717, 1.165) is 21.4 Å². The van der Waals surface area contributed by atoms with Crippen molar-refractivity contribution in [2.24, 2.45) is 0 Å². The molecule has 0 saturated heterocycles. The van der Waals surface area contributed by atoms with E-state index in [1.54, 1.807) is 6.20 Å². The number of aromatic amines is 1. The zero-order valence-corrected chi connectivity index (χ0v) is 11.3. The first-order chi connectivity index (χ1) is 7.59. The maximum absolute atomic E-state index is 5.17. The van der Waals surface area contributed by atoms with Gasteiger partial charge in [-0.2, -0.15) is 0 Å². The number of hydrogen-bond acceptors (Lipinski definition) is 3. The molecule has 0 unspecified atom stereocenters. The molecule has 0 atom stereocenters. The van der Waals surface area contributed by atoms with Gasteiger partial charge in [0, 0.05) is 11.9 Å². The lowest BCUT2D eigenvalue weighted by Crippen LogP contribution is -1.97. The molecule has 2 aromatic heterocycles. The van der Waals surface area contributed by atoms with Crippen LogP contribution < -0.4 is 0 Å². The van der Waals surface area contributed by atoms with E-state index in [4.69, 9.17) is 12.2 Å². The Balaban J connectivity index is 2.67. The number of hydrogen-bond donors (Lipinski definition) is 1. The molecule has 0 spiro atoms. The Morgan fingerprint density at radius 1 is 1.38 bits per heavy atom. The Kier molecular flexibility index (Phi) is 3.16. The highest BCUT2D eigenvalue weighted by atomic mass is 79.9. The molecule has 5 heteroatoms. The van der Waals surface area contributed by atoms with Crippen molar-refractivity contribution in [3.63, 3.8) is 0 Å². The van der Waals surface area contributed by atoms with Crippen molar-refractivity contribution in [1.82, 2.24) is 15.0 Å². The Labute approximate surface area is 107 Å². The molecule has 1 N–H and O–H groups in total. The summed E-state index contributed by atoms with van der Waals surface area (Å²) in [5.41, 5.74) is 2.87. The van der Waals surface area contributed by atoms with Crippen LogP contribution in [0.15, 0.2) is 22.8 Å². The van der Waals surface area contributed by atoms with Crippen LogP contribution in [0.3, 0.4) is 0 Å². The fraction of sp³-hybridized carbons (Fsp3) is 0.182. The first-order valence-electron chi connectivity index (χ1n) is 4.78. The van der Waals surface area contributed by atoms with Gasteiger partial charge in [-0.25, -0.2) is 4.98 Å². The Hall–Kier alpha value is -1.07. The molecule has 0 aliphatic carbocycles. The molecule has 0 saturated carbocycles. The molecule has 0 radical (unpaired) electrons. The van der Waals surface area contributed by atoms with Crippen LogP contribution in [0.5, 0.6) is 0 Å². The van der Waals surface area contributed by atoms with Gasteiger partial charge in [-0.05, 0) is 41.4 Å². The van der Waals surface area contributed by atoms with Crippen molar-refractivity contribution < 1.29 is 0 Å². The molecule has 0 aromatic carbocycles. The van der Waals surface area contributed by atoms with Crippen molar-refractivity contribution in [2.45, 2.75) is 13.8 Å². The Morgan fingerprint density at radius 2 is 2.12 bits per heavy atom. The third-order valence-corrected chi connectivity index (χ3v) is 3.80. The quantitative estimate of drug-likeness (QED) is 0.818. The summed E-state index contributed by atoms with van der Waals surface area (Å²) < 4.78 is 1.39. The minimum Gasteiger partial charge on any atom is -0.341 e. The predicted molar refractivity (Wildman–Crippen MR) is 69.8 cm³/mol. The minimum atomic E-state index is 0.552. The first kappa shape index (κ1) is 11.4. The molecule has 0 aliphatic rings. The second kappa shape index (κ2) is 4.43. The number of nitrogens with one attached hydrogen (secondary N) is 1. The number of aryl methyl sites for hydroxylation is 2. The highest BCUT2D eigenvalue weighted by molar-refractivity contribution is 9.10. The number of aromatic nitrogens is 3. The van der Waals surface area contributed by atoms with Crippen molar-refractivity contribution in [1.29, 1.82) is 0 Å². The molecule has 2 aromatic rings. The van der Waals surface area contributed by atoms with Crippen LogP contribution in [-0.2, 0) is 0 Å². The molecule has 0 fully saturated rings. The van der Waals surface area contributed by atoms with Gasteiger partial charge in [0.1, 0.15) is 10.3 Å². The standard InChI is InChI=1S/C11H10BrN3S/c1-6-4-3-5-13-9(6)10-14-7(2)8(12)11(16)15-10/h3-5H,1-2H3,(H,14,15,16). The number of H-pyrrole nitrogens is 1. The number of nitrogens with zero attached hydrogens (tertiary/aromatic N) is 2. The van der Waals surface area contributed by atoms with Crippen molar-refractivity contribution in [3.05, 3.63) is 38.7 Å². The van der Waals surface area contributed by atoms with Crippen LogP contribution in [0.4, 0.5) is 0 Å². The van der Waals surface area contributed by atoms with E-state index >= 15 is 0 Å². The van der Waals surface area contributed by atoms with Gasteiger partial charge in [0.25, 0.3) is 0 Å². The summed E-state index contributed by atoms with van der Waals surface area (Å²) in [7, 11) is 0. The summed E-state index contributed by atoms with van der Waals surface area (Å²) in [5.74, 6) is 0.712. The van der Waals surface area contributed by atoms with E-state index in [2.05, 4.69) is 30.9 Å². The zero-order chi connectivity index (χ0) is 11.7. The fourth-order valence-corrected chi connectivity index (χ4v) is 1.85. The van der Waals surface area contributed by atoms with Crippen LogP contribution >= 0.6 is 28.1 Å². The second-order valence-corrected chi connectivity index (χ2v) is 4.68. The highest BCUT2D eigenvalue weighted by Gasteiger charge is 2.07. The molecule has 2 rings (SSSR count). The van der Waals surface area contributed by atoms with E-state index < -0.39 is 0 Å². The Morgan fingerprint density at radius 3 is 2.75 bits per heavy atom. The molecular weight excluding hydrogens is 286 g/mol. The molecular formula is C11H10BrN3S. The van der Waals surface area contributed by atoms with Crippen LogP contribution in [0.1, 0.15) is 11.3 Å². The van der Waals surface area contributed by atoms with Crippen LogP contribution in [0.25, 0.3) is 11.5 Å². The average molecular weight is 296 g/mol. The molecule has 16 heavy (non-hydrogen) atoms. The van der Waals surface area contributed by atoms with Crippen LogP contribution in [-0.4, -0.2) is 15.0 Å². The molecule has 0 aliphatic heterocycles. The predicted octanol–water partition coefficient (Wildman–Crippen LogP) is 3.58. The van der Waals surface area contributed by atoms with Crippen molar-refractivity contribution >= 4 is 28.1 Å². The van der Waals surface area contributed by atoms with Gasteiger partial charge >= 0.3 is 0 Å². The topological polar surface area (TPSA) is 41.6 Å². The number of halogens is 1. The monoisotopic (exact) mass is 295 g/mol. The number of rotatable bonds is 1. The summed E-state index contributed by atoms with van der Waals surface area (Å²) in [6, 6.07) is 3.90. The summed E-state index contributed by atoms with van der Waals surface area (Å²) in [6.07, 6.45) is 1.75. The van der Waals surface area contributed by atoms with E-state index in [1.165, 1.54) is 0 Å². The third-order valence-electron chi connectivity index (χ3n) is 2.27. The molecule has 0 bridgehead atoms. The van der Waals surface area contributed by atoms with Gasteiger partial charge in [-0.3, -0.25) is 4.98 Å². The maximum Gasteiger partial charge on any atom is 0.158 e. The van der Waals surface area contributed by atoms with Crippen molar-refractivity contribution in [2.75, 3.05) is 0 Å². The summed E-state index contributed by atoms with van der Waals surface area (Å²) in [5, 5.41) is 0. The molecule has 3 nitrogen and oxygen atoms in total. The zero-order valence-electron chi connectivity index (χ0n) is 8.91. The number of pyridine rings is 1.